The number of allylic oxidation sites excluding steroid dienone is 1. The van der Waals surface area contributed by atoms with Gasteiger partial charge < -0.3 is 4.74 Å². The van der Waals surface area contributed by atoms with Crippen molar-refractivity contribution in [1.82, 2.24) is 0 Å². The molecule has 2 unspecified atom stereocenters. The highest BCUT2D eigenvalue weighted by molar-refractivity contribution is 5.89. The van der Waals surface area contributed by atoms with E-state index < -0.39 is 0 Å². The predicted molar refractivity (Wildman–Crippen MR) is 88.7 cm³/mol. The van der Waals surface area contributed by atoms with Crippen LogP contribution in [0.15, 0.2) is 42.0 Å². The molecule has 2 nitrogen and oxygen atoms in total. The topological polar surface area (TPSA) is 26.3 Å². The van der Waals surface area contributed by atoms with Gasteiger partial charge in [-0.15, -0.1) is 0 Å². The van der Waals surface area contributed by atoms with E-state index in [2.05, 4.69) is 26.8 Å². The van der Waals surface area contributed by atoms with Crippen molar-refractivity contribution in [3.63, 3.8) is 0 Å². The largest absolute Gasteiger partial charge is 0.455 e. The van der Waals surface area contributed by atoms with Crippen molar-refractivity contribution in [3.8, 4) is 0 Å². The molecule has 1 aromatic rings. The number of carbonyl (C=O) groups excluding carboxylic acids is 1. The molecule has 0 aliphatic heterocycles. The average Bonchev–Trinajstić information content (AvgIpc) is 2.47. The van der Waals surface area contributed by atoms with Crippen molar-refractivity contribution < 1.29 is 9.53 Å². The summed E-state index contributed by atoms with van der Waals surface area (Å²) in [4.78, 5) is 12.4. The van der Waals surface area contributed by atoms with Crippen LogP contribution < -0.4 is 0 Å². The normalized spacial score (nSPS) is 30.1. The van der Waals surface area contributed by atoms with Crippen LogP contribution in [0, 0.1) is 11.3 Å². The Labute approximate surface area is 133 Å². The van der Waals surface area contributed by atoms with E-state index in [0.29, 0.717) is 16.9 Å². The molecule has 118 valence electrons. The van der Waals surface area contributed by atoms with Crippen molar-refractivity contribution in [3.05, 3.63) is 47.5 Å². The van der Waals surface area contributed by atoms with Crippen LogP contribution in [0.25, 0.3) is 0 Å². The molecule has 2 aliphatic carbocycles. The Morgan fingerprint density at radius 3 is 2.59 bits per heavy atom. The molecular formula is C20H26O2. The first kappa shape index (κ1) is 15.3. The number of ether oxygens (including phenoxy) is 1. The molecule has 2 atom stereocenters. The minimum atomic E-state index is -0.358. The molecule has 0 radical (unpaired) electrons. The zero-order chi connectivity index (χ0) is 15.8. The van der Waals surface area contributed by atoms with Crippen LogP contribution in [0.4, 0.5) is 0 Å². The Kier molecular flexibility index (Phi) is 3.88. The van der Waals surface area contributed by atoms with Crippen LogP contribution in [-0.4, -0.2) is 11.6 Å². The van der Waals surface area contributed by atoms with E-state index in [9.17, 15) is 4.79 Å². The third kappa shape index (κ3) is 2.97. The molecule has 1 fully saturated rings. The zero-order valence-electron chi connectivity index (χ0n) is 13.9. The Morgan fingerprint density at radius 2 is 1.86 bits per heavy atom. The summed E-state index contributed by atoms with van der Waals surface area (Å²) in [6.45, 7) is 6.85. The summed E-state index contributed by atoms with van der Waals surface area (Å²) < 4.78 is 5.90. The number of benzene rings is 1. The van der Waals surface area contributed by atoms with Crippen LogP contribution in [0.1, 0.15) is 63.2 Å². The highest BCUT2D eigenvalue weighted by atomic mass is 16.6. The molecule has 0 spiro atoms. The third-order valence-electron chi connectivity index (χ3n) is 5.47. The van der Waals surface area contributed by atoms with Gasteiger partial charge in [-0.25, -0.2) is 4.79 Å². The minimum Gasteiger partial charge on any atom is -0.455 e. The smallest absolute Gasteiger partial charge is 0.338 e. The van der Waals surface area contributed by atoms with Gasteiger partial charge in [0.25, 0.3) is 0 Å². The second-order valence-corrected chi connectivity index (χ2v) is 7.78. The number of fused-ring (bicyclic) bond motifs is 1. The number of hydrogen-bond donors (Lipinski definition) is 0. The van der Waals surface area contributed by atoms with Crippen molar-refractivity contribution in [2.24, 2.45) is 11.3 Å². The Hall–Kier alpha value is -1.57. The molecule has 0 saturated heterocycles. The lowest BCUT2D eigenvalue weighted by Crippen LogP contribution is -2.42. The zero-order valence-corrected chi connectivity index (χ0v) is 13.9. The van der Waals surface area contributed by atoms with Gasteiger partial charge in [-0.1, -0.05) is 43.7 Å². The lowest BCUT2D eigenvalue weighted by molar-refractivity contribution is -0.0306. The molecule has 0 amide bonds. The molecule has 2 aliphatic rings. The maximum atomic E-state index is 12.4. The molecule has 1 saturated carbocycles. The molecule has 2 heteroatoms. The van der Waals surface area contributed by atoms with Crippen LogP contribution in [0.3, 0.4) is 0 Å². The fourth-order valence-electron chi connectivity index (χ4n) is 4.13. The summed E-state index contributed by atoms with van der Waals surface area (Å²) in [6, 6.07) is 9.31. The van der Waals surface area contributed by atoms with Crippen molar-refractivity contribution in [2.75, 3.05) is 0 Å². The van der Waals surface area contributed by atoms with E-state index in [1.54, 1.807) is 0 Å². The van der Waals surface area contributed by atoms with Gasteiger partial charge in [0.05, 0.1) is 5.56 Å². The highest BCUT2D eigenvalue weighted by Gasteiger charge is 2.43. The van der Waals surface area contributed by atoms with Crippen LogP contribution >= 0.6 is 0 Å². The first-order valence-corrected chi connectivity index (χ1v) is 8.37. The molecule has 3 rings (SSSR count). The van der Waals surface area contributed by atoms with Crippen molar-refractivity contribution >= 4 is 5.97 Å². The lowest BCUT2D eigenvalue weighted by Gasteiger charge is -2.47. The molecule has 0 N–H and O–H groups in total. The SMILES string of the molecule is CC1(OC(=O)c2ccccc2)CCC2C(=CCCC2(C)C)C1. The number of carbonyl (C=O) groups is 1. The van der Waals surface area contributed by atoms with Gasteiger partial charge in [-0.05, 0) is 56.1 Å². The van der Waals surface area contributed by atoms with Crippen molar-refractivity contribution in [1.29, 1.82) is 0 Å². The van der Waals surface area contributed by atoms with Crippen molar-refractivity contribution in [2.45, 2.75) is 58.5 Å². The second-order valence-electron chi connectivity index (χ2n) is 7.78. The molecular weight excluding hydrogens is 272 g/mol. The highest BCUT2D eigenvalue weighted by Crippen LogP contribution is 2.50. The maximum Gasteiger partial charge on any atom is 0.338 e. The van der Waals surface area contributed by atoms with Gasteiger partial charge in [-0.3, -0.25) is 0 Å². The summed E-state index contributed by atoms with van der Waals surface area (Å²) in [5.41, 5.74) is 2.17. The Morgan fingerprint density at radius 1 is 1.14 bits per heavy atom. The van der Waals surface area contributed by atoms with Gasteiger partial charge in [-0.2, -0.15) is 0 Å². The van der Waals surface area contributed by atoms with E-state index in [-0.39, 0.29) is 11.6 Å². The summed E-state index contributed by atoms with van der Waals surface area (Å²) >= 11 is 0. The van der Waals surface area contributed by atoms with E-state index >= 15 is 0 Å². The summed E-state index contributed by atoms with van der Waals surface area (Å²) in [7, 11) is 0. The van der Waals surface area contributed by atoms with Gasteiger partial charge in [0.15, 0.2) is 0 Å². The molecule has 22 heavy (non-hydrogen) atoms. The molecule has 0 aromatic heterocycles. The first-order chi connectivity index (χ1) is 10.4. The summed E-state index contributed by atoms with van der Waals surface area (Å²) in [6.07, 6.45) is 7.78. The predicted octanol–water partition coefficient (Wildman–Crippen LogP) is 5.15. The van der Waals surface area contributed by atoms with E-state index in [1.807, 2.05) is 30.3 Å². The fourth-order valence-corrected chi connectivity index (χ4v) is 4.13. The summed E-state index contributed by atoms with van der Waals surface area (Å²) in [5, 5.41) is 0. The van der Waals surface area contributed by atoms with E-state index in [4.69, 9.17) is 4.74 Å². The minimum absolute atomic E-state index is 0.197. The quantitative estimate of drug-likeness (QED) is 0.557. The van der Waals surface area contributed by atoms with Gasteiger partial charge in [0.1, 0.15) is 5.60 Å². The van der Waals surface area contributed by atoms with Gasteiger partial charge >= 0.3 is 5.97 Å². The number of hydrogen-bond acceptors (Lipinski definition) is 2. The Bertz CT molecular complexity index is 585. The first-order valence-electron chi connectivity index (χ1n) is 8.37. The average molecular weight is 298 g/mol. The Balaban J connectivity index is 1.73. The fraction of sp³-hybridized carbons (Fsp3) is 0.550. The number of rotatable bonds is 2. The third-order valence-corrected chi connectivity index (χ3v) is 5.47. The van der Waals surface area contributed by atoms with E-state index in [0.717, 1.165) is 25.7 Å². The standard InChI is InChI=1S/C20H26O2/c1-19(2)12-7-10-16-14-20(3,13-11-17(16)19)22-18(21)15-8-5-4-6-9-15/h4-6,8-10,17H,7,11-14H2,1-3H3. The van der Waals surface area contributed by atoms with E-state index in [1.165, 1.54) is 12.0 Å². The lowest BCUT2D eigenvalue weighted by atomic mass is 9.61. The second kappa shape index (κ2) is 5.57. The van der Waals surface area contributed by atoms with Crippen LogP contribution in [0.5, 0.6) is 0 Å². The molecule has 0 heterocycles. The molecule has 0 bridgehead atoms. The summed E-state index contributed by atoms with van der Waals surface area (Å²) in [5.74, 6) is 0.460. The van der Waals surface area contributed by atoms with Crippen LogP contribution in [-0.2, 0) is 4.74 Å². The maximum absolute atomic E-state index is 12.4. The molecule has 1 aromatic carbocycles. The van der Waals surface area contributed by atoms with Gasteiger partial charge in [0.2, 0.25) is 0 Å². The monoisotopic (exact) mass is 298 g/mol. The number of esters is 1. The van der Waals surface area contributed by atoms with Crippen LogP contribution in [0.2, 0.25) is 0 Å². The van der Waals surface area contributed by atoms with Gasteiger partial charge in [0, 0.05) is 6.42 Å².